The van der Waals surface area contributed by atoms with Crippen LogP contribution in [0.25, 0.3) is 0 Å². The number of aliphatic hydroxyl groups excluding tert-OH is 3. The van der Waals surface area contributed by atoms with E-state index in [1.54, 1.807) is 0 Å². The second kappa shape index (κ2) is 6.01. The molecule has 4 N–H and O–H groups in total. The van der Waals surface area contributed by atoms with Gasteiger partial charge in [0.25, 0.3) is 0 Å². The first-order chi connectivity index (χ1) is 9.08. The molecule has 0 saturated heterocycles. The molecule has 1 saturated carbocycles. The maximum atomic E-state index is 11.5. The SMILES string of the molecule is O=C(N[C@@H]1C[C@H](O)[C@@H](O)C1O)OCc1ccccc1. The summed E-state index contributed by atoms with van der Waals surface area (Å²) < 4.78 is 4.98. The second-order valence-corrected chi connectivity index (χ2v) is 4.60. The van der Waals surface area contributed by atoms with E-state index >= 15 is 0 Å². The molecule has 104 valence electrons. The third-order valence-electron chi connectivity index (χ3n) is 3.17. The summed E-state index contributed by atoms with van der Waals surface area (Å²) in [6, 6.07) is 8.49. The van der Waals surface area contributed by atoms with Crippen molar-refractivity contribution in [2.24, 2.45) is 0 Å². The van der Waals surface area contributed by atoms with Crippen molar-refractivity contribution in [3.05, 3.63) is 35.9 Å². The van der Waals surface area contributed by atoms with Crippen molar-refractivity contribution in [2.45, 2.75) is 37.4 Å². The third-order valence-corrected chi connectivity index (χ3v) is 3.17. The molecule has 1 fully saturated rings. The van der Waals surface area contributed by atoms with Gasteiger partial charge in [-0.15, -0.1) is 0 Å². The molecule has 1 aromatic carbocycles. The van der Waals surface area contributed by atoms with Crippen molar-refractivity contribution in [3.63, 3.8) is 0 Å². The van der Waals surface area contributed by atoms with Crippen molar-refractivity contribution in [1.82, 2.24) is 5.32 Å². The normalized spacial score (nSPS) is 30.1. The molecule has 19 heavy (non-hydrogen) atoms. The van der Waals surface area contributed by atoms with Gasteiger partial charge >= 0.3 is 6.09 Å². The fourth-order valence-electron chi connectivity index (χ4n) is 2.07. The topological polar surface area (TPSA) is 99.0 Å². The zero-order chi connectivity index (χ0) is 13.8. The lowest BCUT2D eigenvalue weighted by Gasteiger charge is -2.17. The molecule has 0 heterocycles. The number of carbonyl (C=O) groups excluding carboxylic acids is 1. The number of rotatable bonds is 3. The first-order valence-electron chi connectivity index (χ1n) is 6.09. The van der Waals surface area contributed by atoms with E-state index in [9.17, 15) is 20.1 Å². The van der Waals surface area contributed by atoms with E-state index in [1.807, 2.05) is 30.3 Å². The van der Waals surface area contributed by atoms with Crippen LogP contribution < -0.4 is 5.32 Å². The van der Waals surface area contributed by atoms with E-state index in [0.717, 1.165) is 5.56 Å². The van der Waals surface area contributed by atoms with Crippen molar-refractivity contribution >= 4 is 6.09 Å². The zero-order valence-electron chi connectivity index (χ0n) is 10.3. The highest BCUT2D eigenvalue weighted by molar-refractivity contribution is 5.67. The van der Waals surface area contributed by atoms with E-state index in [1.165, 1.54) is 0 Å². The molecule has 1 aliphatic carbocycles. The molecule has 0 radical (unpaired) electrons. The van der Waals surface area contributed by atoms with Crippen LogP contribution in [0.4, 0.5) is 4.79 Å². The summed E-state index contributed by atoms with van der Waals surface area (Å²) in [4.78, 5) is 11.5. The first-order valence-corrected chi connectivity index (χ1v) is 6.09. The second-order valence-electron chi connectivity index (χ2n) is 4.60. The van der Waals surface area contributed by atoms with Crippen LogP contribution in [0.15, 0.2) is 30.3 Å². The number of hydrogen-bond acceptors (Lipinski definition) is 5. The van der Waals surface area contributed by atoms with Gasteiger partial charge in [-0.3, -0.25) is 0 Å². The maximum Gasteiger partial charge on any atom is 0.407 e. The molecule has 0 bridgehead atoms. The monoisotopic (exact) mass is 267 g/mol. The highest BCUT2D eigenvalue weighted by atomic mass is 16.5. The molecular weight excluding hydrogens is 250 g/mol. The van der Waals surface area contributed by atoms with Crippen molar-refractivity contribution in [3.8, 4) is 0 Å². The number of aliphatic hydroxyl groups is 3. The third kappa shape index (κ3) is 3.44. The van der Waals surface area contributed by atoms with Crippen molar-refractivity contribution < 1.29 is 24.9 Å². The van der Waals surface area contributed by atoms with Crippen LogP contribution in [0.5, 0.6) is 0 Å². The Morgan fingerprint density at radius 2 is 1.89 bits per heavy atom. The number of alkyl carbamates (subject to hydrolysis) is 1. The summed E-state index contributed by atoms with van der Waals surface area (Å²) in [7, 11) is 0. The Balaban J connectivity index is 1.79. The van der Waals surface area contributed by atoms with Gasteiger partial charge in [0, 0.05) is 0 Å². The van der Waals surface area contributed by atoms with Gasteiger partial charge in [0.05, 0.1) is 12.1 Å². The molecule has 0 aromatic heterocycles. The largest absolute Gasteiger partial charge is 0.445 e. The van der Waals surface area contributed by atoms with Crippen LogP contribution >= 0.6 is 0 Å². The van der Waals surface area contributed by atoms with Gasteiger partial charge in [-0.25, -0.2) is 4.79 Å². The van der Waals surface area contributed by atoms with E-state index in [4.69, 9.17) is 4.74 Å². The van der Waals surface area contributed by atoms with E-state index in [0.29, 0.717) is 0 Å². The average molecular weight is 267 g/mol. The highest BCUT2D eigenvalue weighted by Gasteiger charge is 2.41. The minimum Gasteiger partial charge on any atom is -0.445 e. The standard InChI is InChI=1S/C13H17NO5/c15-10-6-9(11(16)12(10)17)14-13(18)19-7-8-4-2-1-3-5-8/h1-5,9-12,15-17H,6-7H2,(H,14,18)/t9-,10+,11?,12-/m1/s1. The van der Waals surface area contributed by atoms with E-state index in [2.05, 4.69) is 5.32 Å². The summed E-state index contributed by atoms with van der Waals surface area (Å²) in [5, 5.41) is 30.7. The molecule has 1 aromatic rings. The molecule has 6 heteroatoms. The molecule has 4 atom stereocenters. The van der Waals surface area contributed by atoms with Gasteiger partial charge in [-0.2, -0.15) is 0 Å². The van der Waals surface area contributed by atoms with Crippen LogP contribution in [-0.4, -0.2) is 45.8 Å². The maximum absolute atomic E-state index is 11.5. The average Bonchev–Trinajstić information content (AvgIpc) is 2.65. The van der Waals surface area contributed by atoms with Gasteiger partial charge in [0.15, 0.2) is 0 Å². The van der Waals surface area contributed by atoms with Gasteiger partial charge in [-0.05, 0) is 12.0 Å². The lowest BCUT2D eigenvalue weighted by Crippen LogP contribution is -2.43. The lowest BCUT2D eigenvalue weighted by atomic mass is 10.2. The van der Waals surface area contributed by atoms with Crippen LogP contribution in [0.1, 0.15) is 12.0 Å². The number of benzene rings is 1. The first kappa shape index (κ1) is 13.8. The predicted octanol–water partition coefficient (Wildman–Crippen LogP) is -0.232. The molecule has 2 rings (SSSR count). The summed E-state index contributed by atoms with van der Waals surface area (Å²) in [5.74, 6) is 0. The highest BCUT2D eigenvalue weighted by Crippen LogP contribution is 2.20. The minimum atomic E-state index is -1.24. The van der Waals surface area contributed by atoms with Crippen LogP contribution in [0.3, 0.4) is 0 Å². The molecule has 1 unspecified atom stereocenters. The summed E-state index contributed by atoms with van der Waals surface area (Å²) in [6.07, 6.45) is -4.04. The Labute approximate surface area is 110 Å². The number of carbonyl (C=O) groups is 1. The number of amides is 1. The Morgan fingerprint density at radius 3 is 2.47 bits per heavy atom. The van der Waals surface area contributed by atoms with Crippen LogP contribution in [0.2, 0.25) is 0 Å². The van der Waals surface area contributed by atoms with Crippen molar-refractivity contribution in [2.75, 3.05) is 0 Å². The quantitative estimate of drug-likeness (QED) is 0.606. The smallest absolute Gasteiger partial charge is 0.407 e. The van der Waals surface area contributed by atoms with E-state index in [-0.39, 0.29) is 13.0 Å². The van der Waals surface area contributed by atoms with Gasteiger partial charge in [-0.1, -0.05) is 30.3 Å². The molecule has 0 aliphatic heterocycles. The fraction of sp³-hybridized carbons (Fsp3) is 0.462. The fourth-order valence-corrected chi connectivity index (χ4v) is 2.07. The predicted molar refractivity (Wildman–Crippen MR) is 66.2 cm³/mol. The minimum absolute atomic E-state index is 0.1000. The van der Waals surface area contributed by atoms with Crippen LogP contribution in [-0.2, 0) is 11.3 Å². The Hall–Kier alpha value is -1.63. The lowest BCUT2D eigenvalue weighted by molar-refractivity contribution is -0.0223. The summed E-state index contributed by atoms with van der Waals surface area (Å²) in [6.45, 7) is 0.126. The number of ether oxygens (including phenoxy) is 1. The molecule has 6 nitrogen and oxygen atoms in total. The van der Waals surface area contributed by atoms with Gasteiger partial charge in [0.1, 0.15) is 18.8 Å². The van der Waals surface area contributed by atoms with Gasteiger partial charge in [0.2, 0.25) is 0 Å². The molecule has 0 spiro atoms. The zero-order valence-corrected chi connectivity index (χ0v) is 10.3. The van der Waals surface area contributed by atoms with Crippen LogP contribution in [0, 0.1) is 0 Å². The van der Waals surface area contributed by atoms with E-state index < -0.39 is 30.4 Å². The van der Waals surface area contributed by atoms with Gasteiger partial charge < -0.3 is 25.4 Å². The summed E-state index contributed by atoms with van der Waals surface area (Å²) in [5.41, 5.74) is 0.852. The number of nitrogens with one attached hydrogen (secondary N) is 1. The summed E-state index contributed by atoms with van der Waals surface area (Å²) >= 11 is 0. The number of hydrogen-bond donors (Lipinski definition) is 4. The van der Waals surface area contributed by atoms with Crippen molar-refractivity contribution in [1.29, 1.82) is 0 Å². The molecular formula is C13H17NO5. The molecule has 1 aliphatic rings. The Bertz CT molecular complexity index is 424. The Kier molecular flexibility index (Phi) is 4.36. The molecule has 1 amide bonds. The Morgan fingerprint density at radius 1 is 1.21 bits per heavy atom.